The second-order valence-corrected chi connectivity index (χ2v) is 14.9. The molecule has 2 atom stereocenters. The van der Waals surface area contributed by atoms with E-state index in [2.05, 4.69) is 31.7 Å². The van der Waals surface area contributed by atoms with E-state index >= 15 is 0 Å². The average Bonchev–Trinajstić information content (AvgIpc) is 3.85. The Hall–Kier alpha value is -4.75. The number of nitrogens with zero attached hydrogens (tertiary/aromatic N) is 6. The van der Waals surface area contributed by atoms with E-state index in [0.29, 0.717) is 69.2 Å². The van der Waals surface area contributed by atoms with E-state index < -0.39 is 0 Å². The van der Waals surface area contributed by atoms with E-state index in [1.165, 1.54) is 10.2 Å². The summed E-state index contributed by atoms with van der Waals surface area (Å²) >= 11 is 14.3. The van der Waals surface area contributed by atoms with E-state index in [9.17, 15) is 9.59 Å². The van der Waals surface area contributed by atoms with Gasteiger partial charge >= 0.3 is 6.03 Å². The summed E-state index contributed by atoms with van der Waals surface area (Å²) in [7, 11) is 4.92. The summed E-state index contributed by atoms with van der Waals surface area (Å²) in [4.78, 5) is 39.8. The minimum absolute atomic E-state index is 0.0234. The van der Waals surface area contributed by atoms with Crippen LogP contribution in [0.1, 0.15) is 35.7 Å². The van der Waals surface area contributed by atoms with Gasteiger partial charge in [-0.25, -0.2) is 19.4 Å². The number of carbonyl (C=O) groups is 1. The Morgan fingerprint density at radius 2 is 1.79 bits per heavy atom. The van der Waals surface area contributed by atoms with Gasteiger partial charge in [-0.1, -0.05) is 53.5 Å². The molecule has 2 aliphatic heterocycles. The molecule has 3 aromatic heterocycles. The molecule has 0 radical (unpaired) electrons. The molecule has 5 heterocycles. The molecule has 5 aromatic rings. The number of pyridine rings is 2. The summed E-state index contributed by atoms with van der Waals surface area (Å²) in [5.41, 5.74) is 5.99. The molecule has 1 aliphatic carbocycles. The number of rotatable bonds is 9. The first-order valence-corrected chi connectivity index (χ1v) is 18.4. The van der Waals surface area contributed by atoms with Gasteiger partial charge in [-0.05, 0) is 49.9 Å². The van der Waals surface area contributed by atoms with E-state index in [0.717, 1.165) is 54.7 Å². The molecule has 14 heteroatoms. The van der Waals surface area contributed by atoms with Crippen molar-refractivity contribution in [1.82, 2.24) is 34.9 Å². The van der Waals surface area contributed by atoms with Crippen molar-refractivity contribution in [2.24, 2.45) is 7.05 Å². The molecule has 1 spiro atoms. The molecule has 2 aromatic carbocycles. The predicted octanol–water partition coefficient (Wildman–Crippen LogP) is 6.53. The van der Waals surface area contributed by atoms with Gasteiger partial charge < -0.3 is 25.0 Å². The van der Waals surface area contributed by atoms with Crippen molar-refractivity contribution in [3.63, 3.8) is 0 Å². The molecule has 274 valence electrons. The fourth-order valence-corrected chi connectivity index (χ4v) is 8.79. The van der Waals surface area contributed by atoms with Crippen LogP contribution in [0.3, 0.4) is 0 Å². The van der Waals surface area contributed by atoms with Gasteiger partial charge in [0.1, 0.15) is 5.82 Å². The minimum atomic E-state index is -0.269. The number of halogens is 2. The highest BCUT2D eigenvalue weighted by Gasteiger charge is 2.49. The number of hydrogen-bond donors (Lipinski definition) is 2. The van der Waals surface area contributed by atoms with Crippen LogP contribution in [-0.4, -0.2) is 88.1 Å². The van der Waals surface area contributed by atoms with Crippen LogP contribution in [0.2, 0.25) is 10.0 Å². The fourth-order valence-electron chi connectivity index (χ4n) is 8.19. The highest BCUT2D eigenvalue weighted by atomic mass is 35.5. The lowest BCUT2D eigenvalue weighted by molar-refractivity contribution is 0.158. The lowest BCUT2D eigenvalue weighted by Gasteiger charge is -2.28. The third-order valence-corrected chi connectivity index (χ3v) is 11.6. The first-order valence-electron chi connectivity index (χ1n) is 17.7. The van der Waals surface area contributed by atoms with E-state index in [4.69, 9.17) is 37.7 Å². The number of anilines is 2. The highest BCUT2D eigenvalue weighted by Crippen LogP contribution is 2.47. The molecular formula is C39H40Cl2N8O4. The number of hydrogen-bond acceptors (Lipinski definition) is 9. The third kappa shape index (κ3) is 6.27. The van der Waals surface area contributed by atoms with Gasteiger partial charge in [0.2, 0.25) is 5.88 Å². The van der Waals surface area contributed by atoms with Crippen molar-refractivity contribution in [1.29, 1.82) is 0 Å². The Morgan fingerprint density at radius 1 is 1.02 bits per heavy atom. The Morgan fingerprint density at radius 3 is 2.58 bits per heavy atom. The predicted molar refractivity (Wildman–Crippen MR) is 206 cm³/mol. The first-order chi connectivity index (χ1) is 25.6. The second kappa shape index (κ2) is 13.9. The van der Waals surface area contributed by atoms with Gasteiger partial charge in [0, 0.05) is 79.7 Å². The number of aromatic nitrogens is 4. The number of methoxy groups -OCH3 is 2. The molecule has 8 rings (SSSR count). The standard InChI is InChI=1S/C39H40Cl2N8O4/c1-22-17-24-19-42-47(2)37(50)32(24)35(43-22)44-28-10-6-8-26(34(28)41)25-7-5-9-27(33(25)40)29-18-23-11-12-30(31(23)36(45-29)53-4)48-14-13-39(20-48)21-49(15-16-52-3)38(51)46-39/h5-10,17-19,30H,11-16,20-21H2,1-4H3,(H,43,44)(H,46,51). The number of likely N-dealkylation sites (tertiary alicyclic amines) is 1. The van der Waals surface area contributed by atoms with E-state index in [1.54, 1.807) is 27.5 Å². The largest absolute Gasteiger partial charge is 0.481 e. The van der Waals surface area contributed by atoms with Crippen molar-refractivity contribution in [3.8, 4) is 28.3 Å². The molecule has 0 saturated carbocycles. The van der Waals surface area contributed by atoms with Crippen LogP contribution in [-0.2, 0) is 18.2 Å². The van der Waals surface area contributed by atoms with Crippen LogP contribution in [0.5, 0.6) is 5.88 Å². The summed E-state index contributed by atoms with van der Waals surface area (Å²) < 4.78 is 12.5. The summed E-state index contributed by atoms with van der Waals surface area (Å²) in [5.74, 6) is 0.985. The summed E-state index contributed by atoms with van der Waals surface area (Å²) in [5, 5.41) is 12.8. The minimum Gasteiger partial charge on any atom is -0.481 e. The molecule has 2 N–H and O–H groups in total. The van der Waals surface area contributed by atoms with Gasteiger partial charge in [-0.3, -0.25) is 9.69 Å². The maximum atomic E-state index is 13.1. The number of benzene rings is 2. The Kier molecular flexibility index (Phi) is 9.26. The number of carbonyl (C=O) groups excluding carboxylic acids is 1. The lowest BCUT2D eigenvalue weighted by atomic mass is 9.99. The van der Waals surface area contributed by atoms with E-state index in [-0.39, 0.29) is 23.2 Å². The second-order valence-electron chi connectivity index (χ2n) is 14.1. The van der Waals surface area contributed by atoms with Crippen LogP contribution in [0, 0.1) is 6.92 Å². The summed E-state index contributed by atoms with van der Waals surface area (Å²) in [6.45, 7) is 5.28. The van der Waals surface area contributed by atoms with Gasteiger partial charge in [-0.2, -0.15) is 5.10 Å². The van der Waals surface area contributed by atoms with Crippen LogP contribution in [0.4, 0.5) is 16.3 Å². The van der Waals surface area contributed by atoms with Crippen LogP contribution in [0.15, 0.2) is 59.5 Å². The van der Waals surface area contributed by atoms with Gasteiger partial charge in [0.25, 0.3) is 5.56 Å². The zero-order valence-electron chi connectivity index (χ0n) is 30.0. The van der Waals surface area contributed by atoms with Crippen molar-refractivity contribution < 1.29 is 14.3 Å². The molecule has 2 amide bonds. The number of amides is 2. The zero-order valence-corrected chi connectivity index (χ0v) is 31.5. The summed E-state index contributed by atoms with van der Waals surface area (Å²) in [6.07, 6.45) is 4.35. The lowest BCUT2D eigenvalue weighted by Crippen LogP contribution is -2.46. The number of ether oxygens (including phenoxy) is 2. The fraction of sp³-hybridized carbons (Fsp3) is 0.359. The van der Waals surface area contributed by atoms with Crippen LogP contribution >= 0.6 is 23.2 Å². The van der Waals surface area contributed by atoms with Gasteiger partial charge in [-0.15, -0.1) is 0 Å². The summed E-state index contributed by atoms with van der Waals surface area (Å²) in [6, 6.07) is 15.5. The topological polar surface area (TPSA) is 127 Å². The van der Waals surface area contributed by atoms with Crippen molar-refractivity contribution in [3.05, 3.63) is 91.9 Å². The monoisotopic (exact) mass is 754 g/mol. The normalized spacial score (nSPS) is 19.7. The molecule has 0 bridgehead atoms. The molecule has 2 fully saturated rings. The molecule has 2 saturated heterocycles. The molecule has 2 unspecified atom stereocenters. The van der Waals surface area contributed by atoms with Gasteiger partial charge in [0.05, 0.1) is 52.3 Å². The Labute approximate surface area is 317 Å². The molecule has 3 aliphatic rings. The van der Waals surface area contributed by atoms with E-state index in [1.807, 2.05) is 54.3 Å². The maximum Gasteiger partial charge on any atom is 0.318 e. The van der Waals surface area contributed by atoms with Crippen LogP contribution < -0.4 is 20.9 Å². The van der Waals surface area contributed by atoms with Crippen molar-refractivity contribution in [2.75, 3.05) is 52.3 Å². The third-order valence-electron chi connectivity index (χ3n) is 10.7. The molecular weight excluding hydrogens is 715 g/mol. The molecule has 12 nitrogen and oxygen atoms in total. The number of fused-ring (bicyclic) bond motifs is 2. The Balaban J connectivity index is 1.09. The highest BCUT2D eigenvalue weighted by molar-refractivity contribution is 6.39. The smallest absolute Gasteiger partial charge is 0.318 e. The van der Waals surface area contributed by atoms with Gasteiger partial charge in [0.15, 0.2) is 0 Å². The quantitative estimate of drug-likeness (QED) is 0.173. The number of nitrogens with one attached hydrogen (secondary N) is 2. The molecule has 53 heavy (non-hydrogen) atoms. The van der Waals surface area contributed by atoms with Crippen molar-refractivity contribution in [2.45, 2.75) is 37.8 Å². The SMILES string of the molecule is COCCN1CC2(CCN(C3CCc4cc(-c5cccc(-c6cccc(Nc7nc(C)cc8cnn(C)c(=O)c78)c6Cl)c5Cl)nc(OC)c43)C2)NC1=O. The first kappa shape index (κ1) is 35.3. The van der Waals surface area contributed by atoms with Crippen molar-refractivity contribution >= 4 is 51.5 Å². The average molecular weight is 756 g/mol. The number of urea groups is 1. The van der Waals surface area contributed by atoms with Crippen LogP contribution in [0.25, 0.3) is 33.2 Å². The maximum absolute atomic E-state index is 13.1. The Bertz CT molecular complexity index is 2330. The zero-order chi connectivity index (χ0) is 37.0. The number of aryl methyl sites for hydroxylation is 3.